The van der Waals surface area contributed by atoms with Crippen molar-refractivity contribution >= 4 is 17.5 Å². The van der Waals surface area contributed by atoms with Gasteiger partial charge in [0, 0.05) is 36.0 Å². The largest absolute Gasteiger partial charge is 0.333 e. The number of fused-ring (bicyclic) bond motifs is 1. The molecule has 6 heteroatoms. The van der Waals surface area contributed by atoms with E-state index in [0.29, 0.717) is 29.1 Å². The Bertz CT molecular complexity index is 885. The number of benzene rings is 1. The van der Waals surface area contributed by atoms with Crippen molar-refractivity contribution in [3.05, 3.63) is 62.3 Å². The fourth-order valence-electron chi connectivity index (χ4n) is 3.43. The Hall–Kier alpha value is -2.14. The number of hydrogen-bond donors (Lipinski definition) is 0. The van der Waals surface area contributed by atoms with Crippen molar-refractivity contribution in [3.8, 4) is 0 Å². The van der Waals surface area contributed by atoms with E-state index in [9.17, 15) is 9.59 Å². The zero-order valence-corrected chi connectivity index (χ0v) is 15.7. The zero-order chi connectivity index (χ0) is 18.4. The molecule has 0 fully saturated rings. The van der Waals surface area contributed by atoms with E-state index in [1.807, 2.05) is 20.8 Å². The Balaban J connectivity index is 2.04. The number of aryl methyl sites for hydroxylation is 1. The Morgan fingerprint density at radius 3 is 2.52 bits per heavy atom. The number of aromatic nitrogens is 2. The maximum absolute atomic E-state index is 12.9. The normalized spacial score (nSPS) is 15.8. The van der Waals surface area contributed by atoms with E-state index in [2.05, 4.69) is 0 Å². The van der Waals surface area contributed by atoms with Crippen molar-refractivity contribution in [3.63, 3.8) is 0 Å². The van der Waals surface area contributed by atoms with E-state index < -0.39 is 0 Å². The van der Waals surface area contributed by atoms with Crippen LogP contribution >= 0.6 is 11.6 Å². The third-order valence-corrected chi connectivity index (χ3v) is 5.00. The Labute approximate surface area is 152 Å². The van der Waals surface area contributed by atoms with Gasteiger partial charge in [-0.2, -0.15) is 0 Å². The summed E-state index contributed by atoms with van der Waals surface area (Å²) in [7, 11) is 1.74. The molecule has 0 saturated carbocycles. The van der Waals surface area contributed by atoms with Crippen LogP contribution in [0.25, 0.3) is 0 Å². The highest BCUT2D eigenvalue weighted by molar-refractivity contribution is 6.30. The monoisotopic (exact) mass is 359 g/mol. The van der Waals surface area contributed by atoms with Gasteiger partial charge in [-0.1, -0.05) is 32.4 Å². The number of hydrogen-bond acceptors (Lipinski definition) is 3. The molecule has 1 aliphatic heterocycles. The van der Waals surface area contributed by atoms with Crippen LogP contribution in [0, 0.1) is 0 Å². The first kappa shape index (κ1) is 17.7. The summed E-state index contributed by atoms with van der Waals surface area (Å²) in [4.78, 5) is 32.1. The lowest BCUT2D eigenvalue weighted by Gasteiger charge is -2.39. The molecule has 0 atom stereocenters. The smallest absolute Gasteiger partial charge is 0.258 e. The van der Waals surface area contributed by atoms with E-state index in [1.165, 1.54) is 0 Å². The van der Waals surface area contributed by atoms with Gasteiger partial charge in [0.2, 0.25) is 0 Å². The van der Waals surface area contributed by atoms with E-state index in [-0.39, 0.29) is 23.4 Å². The van der Waals surface area contributed by atoms with Gasteiger partial charge in [-0.3, -0.25) is 14.2 Å². The predicted octanol–water partition coefficient (Wildman–Crippen LogP) is 2.93. The summed E-state index contributed by atoms with van der Waals surface area (Å²) in [6.45, 7) is 6.84. The van der Waals surface area contributed by atoms with Crippen molar-refractivity contribution in [1.29, 1.82) is 0 Å². The van der Waals surface area contributed by atoms with Crippen molar-refractivity contribution in [2.24, 2.45) is 7.05 Å². The predicted molar refractivity (Wildman–Crippen MR) is 98.1 cm³/mol. The second-order valence-corrected chi connectivity index (χ2v) is 7.56. The molecule has 0 aliphatic carbocycles. The molecule has 1 aromatic heterocycles. The molecule has 0 unspecified atom stereocenters. The van der Waals surface area contributed by atoms with Gasteiger partial charge in [0.1, 0.15) is 5.82 Å². The van der Waals surface area contributed by atoms with Crippen LogP contribution in [0.3, 0.4) is 0 Å². The van der Waals surface area contributed by atoms with E-state index in [4.69, 9.17) is 16.6 Å². The minimum absolute atomic E-state index is 0.0662. The third kappa shape index (κ3) is 3.09. The number of amides is 1. The summed E-state index contributed by atoms with van der Waals surface area (Å²) in [5, 5.41) is 0.589. The molecule has 2 aromatic rings. The molecule has 1 aromatic carbocycles. The Kier molecular flexibility index (Phi) is 4.45. The van der Waals surface area contributed by atoms with Gasteiger partial charge in [0.15, 0.2) is 0 Å². The lowest BCUT2D eigenvalue weighted by molar-refractivity contribution is 0.0680. The van der Waals surface area contributed by atoms with Gasteiger partial charge in [-0.25, -0.2) is 4.98 Å². The lowest BCUT2D eigenvalue weighted by Crippen LogP contribution is -2.49. The van der Waals surface area contributed by atoms with Crippen molar-refractivity contribution < 1.29 is 4.79 Å². The SMILES string of the molecule is CCc1nc2c(c(=O)n1C)CN(C(=O)c1ccc(Cl)cc1)CC2(C)C. The molecule has 3 rings (SSSR count). The standard InChI is InChI=1S/C19H22ClN3O2/c1-5-15-21-16-14(18(25)22(15)4)10-23(11-19(16,2)3)17(24)12-6-8-13(20)9-7-12/h6-9H,5,10-11H2,1-4H3. The second-order valence-electron chi connectivity index (χ2n) is 7.12. The van der Waals surface area contributed by atoms with Crippen LogP contribution in [0.1, 0.15) is 48.2 Å². The average Bonchev–Trinajstić information content (AvgIpc) is 2.57. The molecule has 0 spiro atoms. The van der Waals surface area contributed by atoms with Gasteiger partial charge in [0.05, 0.1) is 17.8 Å². The molecular formula is C19H22ClN3O2. The summed E-state index contributed by atoms with van der Waals surface area (Å²) in [6.07, 6.45) is 0.697. The third-order valence-electron chi connectivity index (χ3n) is 4.75. The summed E-state index contributed by atoms with van der Waals surface area (Å²) in [5.74, 6) is 0.673. The van der Waals surface area contributed by atoms with Crippen molar-refractivity contribution in [2.75, 3.05) is 6.54 Å². The highest BCUT2D eigenvalue weighted by atomic mass is 35.5. The fourth-order valence-corrected chi connectivity index (χ4v) is 3.55. The number of carbonyl (C=O) groups excluding carboxylic acids is 1. The van der Waals surface area contributed by atoms with Crippen LogP contribution < -0.4 is 5.56 Å². The Morgan fingerprint density at radius 1 is 1.28 bits per heavy atom. The molecule has 0 saturated heterocycles. The molecule has 25 heavy (non-hydrogen) atoms. The summed E-state index contributed by atoms with van der Waals surface area (Å²) in [5.41, 5.74) is 1.54. The molecule has 2 heterocycles. The maximum Gasteiger partial charge on any atom is 0.258 e. The first-order valence-corrected chi connectivity index (χ1v) is 8.76. The van der Waals surface area contributed by atoms with Crippen LogP contribution in [-0.2, 0) is 25.4 Å². The van der Waals surface area contributed by atoms with Crippen LogP contribution in [0.15, 0.2) is 29.1 Å². The van der Waals surface area contributed by atoms with Crippen molar-refractivity contribution in [1.82, 2.24) is 14.5 Å². The maximum atomic E-state index is 12.9. The molecule has 0 bridgehead atoms. The Morgan fingerprint density at radius 2 is 1.92 bits per heavy atom. The second kappa shape index (κ2) is 6.30. The quantitative estimate of drug-likeness (QED) is 0.828. The molecule has 132 valence electrons. The van der Waals surface area contributed by atoms with Crippen LogP contribution in [0.5, 0.6) is 0 Å². The molecule has 0 radical (unpaired) electrons. The molecular weight excluding hydrogens is 338 g/mol. The van der Waals surface area contributed by atoms with Crippen LogP contribution in [0.2, 0.25) is 5.02 Å². The van der Waals surface area contributed by atoms with Crippen LogP contribution in [-0.4, -0.2) is 26.9 Å². The molecule has 5 nitrogen and oxygen atoms in total. The highest BCUT2D eigenvalue weighted by Crippen LogP contribution is 2.31. The minimum Gasteiger partial charge on any atom is -0.333 e. The molecule has 1 aliphatic rings. The van der Waals surface area contributed by atoms with Crippen LogP contribution in [0.4, 0.5) is 0 Å². The van der Waals surface area contributed by atoms with Crippen molar-refractivity contribution in [2.45, 2.75) is 39.2 Å². The van der Waals surface area contributed by atoms with E-state index in [1.54, 1.807) is 40.8 Å². The number of rotatable bonds is 2. The fraction of sp³-hybridized carbons (Fsp3) is 0.421. The van der Waals surface area contributed by atoms with Gasteiger partial charge in [0.25, 0.3) is 11.5 Å². The highest BCUT2D eigenvalue weighted by Gasteiger charge is 2.37. The topological polar surface area (TPSA) is 55.2 Å². The zero-order valence-electron chi connectivity index (χ0n) is 15.0. The number of halogens is 1. The minimum atomic E-state index is -0.382. The van der Waals surface area contributed by atoms with Gasteiger partial charge in [-0.15, -0.1) is 0 Å². The summed E-state index contributed by atoms with van der Waals surface area (Å²) < 4.78 is 1.59. The first-order chi connectivity index (χ1) is 11.7. The van der Waals surface area contributed by atoms with Gasteiger partial charge in [-0.05, 0) is 24.3 Å². The lowest BCUT2D eigenvalue weighted by atomic mass is 9.82. The number of nitrogens with zero attached hydrogens (tertiary/aromatic N) is 3. The average molecular weight is 360 g/mol. The molecule has 1 amide bonds. The molecule has 0 N–H and O–H groups in total. The van der Waals surface area contributed by atoms with Gasteiger partial charge < -0.3 is 4.90 Å². The first-order valence-electron chi connectivity index (χ1n) is 8.38. The summed E-state index contributed by atoms with van der Waals surface area (Å²) >= 11 is 5.90. The van der Waals surface area contributed by atoms with E-state index >= 15 is 0 Å². The van der Waals surface area contributed by atoms with E-state index in [0.717, 1.165) is 11.5 Å². The summed E-state index contributed by atoms with van der Waals surface area (Å²) in [6, 6.07) is 6.82. The number of carbonyl (C=O) groups is 1. The van der Waals surface area contributed by atoms with Gasteiger partial charge >= 0.3 is 0 Å².